The molecule has 10 heteroatoms. The van der Waals surface area contributed by atoms with Crippen molar-refractivity contribution in [3.63, 3.8) is 0 Å². The maximum atomic E-state index is 13.2. The first-order valence-corrected chi connectivity index (χ1v) is 12.9. The molecule has 0 radical (unpaired) electrons. The van der Waals surface area contributed by atoms with Crippen molar-refractivity contribution in [2.75, 3.05) is 0 Å². The van der Waals surface area contributed by atoms with Crippen LogP contribution in [0.4, 0.5) is 4.79 Å². The molecule has 3 N–H and O–H groups in total. The Morgan fingerprint density at radius 1 is 0.842 bits per heavy atom. The summed E-state index contributed by atoms with van der Waals surface area (Å²) in [5.74, 6) is -1.92. The number of amides is 3. The lowest BCUT2D eigenvalue weighted by molar-refractivity contribution is -0.147. The van der Waals surface area contributed by atoms with Crippen molar-refractivity contribution >= 4 is 30.2 Å². The van der Waals surface area contributed by atoms with Crippen LogP contribution in [0.3, 0.4) is 0 Å². The first kappa shape index (κ1) is 32.6. The van der Waals surface area contributed by atoms with Crippen LogP contribution in [-0.4, -0.2) is 53.9 Å². The van der Waals surface area contributed by atoms with E-state index >= 15 is 0 Å². The number of ether oxygens (including phenoxy) is 2. The topological polar surface area (TPSA) is 140 Å². The van der Waals surface area contributed by atoms with Crippen molar-refractivity contribution in [3.05, 3.63) is 35.9 Å². The molecular weight excluding hydrogens is 490 g/mol. The molecule has 0 saturated carbocycles. The zero-order chi connectivity index (χ0) is 28.9. The first-order valence-electron chi connectivity index (χ1n) is 12.9. The summed E-state index contributed by atoms with van der Waals surface area (Å²) in [7, 11) is 0. The average Bonchev–Trinajstić information content (AvgIpc) is 2.80. The van der Waals surface area contributed by atoms with Crippen LogP contribution in [0, 0.1) is 11.8 Å². The molecule has 38 heavy (non-hydrogen) atoms. The number of rotatable bonds is 14. The van der Waals surface area contributed by atoms with Crippen molar-refractivity contribution < 1.29 is 33.4 Å². The number of aldehydes is 1. The number of nitrogens with one attached hydrogen (secondary N) is 3. The van der Waals surface area contributed by atoms with Crippen LogP contribution < -0.4 is 16.0 Å². The molecule has 1 aromatic carbocycles. The number of carbonyl (C=O) groups is 5. The summed E-state index contributed by atoms with van der Waals surface area (Å²) in [4.78, 5) is 62.8. The Morgan fingerprint density at radius 3 is 1.95 bits per heavy atom. The molecule has 212 valence electrons. The van der Waals surface area contributed by atoms with Gasteiger partial charge < -0.3 is 30.2 Å². The second-order valence-electron chi connectivity index (χ2n) is 11.1. The second kappa shape index (κ2) is 15.7. The molecule has 0 aromatic heterocycles. The van der Waals surface area contributed by atoms with Crippen LogP contribution in [0.1, 0.15) is 73.3 Å². The molecule has 0 heterocycles. The lowest BCUT2D eigenvalue weighted by atomic mass is 10.0. The van der Waals surface area contributed by atoms with Crippen LogP contribution in [0.2, 0.25) is 0 Å². The van der Waals surface area contributed by atoms with Gasteiger partial charge in [0.05, 0.1) is 12.5 Å². The van der Waals surface area contributed by atoms with Gasteiger partial charge in [0.1, 0.15) is 30.6 Å². The van der Waals surface area contributed by atoms with Gasteiger partial charge in [-0.2, -0.15) is 0 Å². The molecule has 0 unspecified atom stereocenters. The fourth-order valence-electron chi connectivity index (χ4n) is 3.54. The van der Waals surface area contributed by atoms with Gasteiger partial charge in [0, 0.05) is 0 Å². The van der Waals surface area contributed by atoms with Gasteiger partial charge in [-0.25, -0.2) is 4.79 Å². The molecule has 0 aliphatic carbocycles. The highest BCUT2D eigenvalue weighted by Gasteiger charge is 2.31. The molecule has 0 spiro atoms. The van der Waals surface area contributed by atoms with Crippen LogP contribution in [0.5, 0.6) is 0 Å². The van der Waals surface area contributed by atoms with Gasteiger partial charge in [0.25, 0.3) is 0 Å². The third-order valence-electron chi connectivity index (χ3n) is 5.18. The van der Waals surface area contributed by atoms with E-state index in [4.69, 9.17) is 9.47 Å². The molecule has 0 aliphatic heterocycles. The number of carbonyl (C=O) groups excluding carboxylic acids is 5. The smallest absolute Gasteiger partial charge is 0.408 e. The highest BCUT2D eigenvalue weighted by molar-refractivity contribution is 5.94. The SMILES string of the molecule is CC(C)C[C@@H](C=O)NC(=O)[C@H](CC(=O)OCc1ccccc1)NC(=O)[C@H](CC(C)C)NC(=O)OC(C)(C)C. The summed E-state index contributed by atoms with van der Waals surface area (Å²) in [6.07, 6.45) is 0.0426. The van der Waals surface area contributed by atoms with Crippen molar-refractivity contribution in [2.24, 2.45) is 11.8 Å². The summed E-state index contributed by atoms with van der Waals surface area (Å²) in [6.45, 7) is 12.7. The highest BCUT2D eigenvalue weighted by atomic mass is 16.6. The monoisotopic (exact) mass is 533 g/mol. The Balaban J connectivity index is 3.04. The zero-order valence-corrected chi connectivity index (χ0v) is 23.5. The van der Waals surface area contributed by atoms with E-state index in [1.54, 1.807) is 45.0 Å². The van der Waals surface area contributed by atoms with E-state index < -0.39 is 54.0 Å². The van der Waals surface area contributed by atoms with E-state index in [-0.39, 0.29) is 24.9 Å². The van der Waals surface area contributed by atoms with E-state index in [2.05, 4.69) is 16.0 Å². The normalized spacial score (nSPS) is 13.7. The minimum atomic E-state index is -1.32. The molecule has 3 amide bonds. The molecule has 1 rings (SSSR count). The van der Waals surface area contributed by atoms with E-state index in [0.29, 0.717) is 12.7 Å². The van der Waals surface area contributed by atoms with Crippen molar-refractivity contribution in [1.82, 2.24) is 16.0 Å². The van der Waals surface area contributed by atoms with Crippen molar-refractivity contribution in [1.29, 1.82) is 0 Å². The maximum absolute atomic E-state index is 13.2. The standard InChI is InChI=1S/C28H43N3O7/c1-18(2)13-21(16-32)29-25(34)23(15-24(33)37-17-20-11-9-8-10-12-20)30-26(35)22(14-19(3)4)31-27(36)38-28(5,6)7/h8-12,16,18-19,21-23H,13-15,17H2,1-7H3,(H,29,34)(H,30,35)(H,31,36)/t21-,22-,23-/m0/s1. The van der Waals surface area contributed by atoms with Crippen LogP contribution in [0.15, 0.2) is 30.3 Å². The number of benzene rings is 1. The summed E-state index contributed by atoms with van der Waals surface area (Å²) < 4.78 is 10.6. The summed E-state index contributed by atoms with van der Waals surface area (Å²) in [5, 5.41) is 7.71. The summed E-state index contributed by atoms with van der Waals surface area (Å²) in [6, 6.07) is 5.90. The van der Waals surface area contributed by atoms with Gasteiger partial charge in [-0.05, 0) is 51.0 Å². The first-order chi connectivity index (χ1) is 17.7. The van der Waals surface area contributed by atoms with E-state index in [1.807, 2.05) is 33.8 Å². The van der Waals surface area contributed by atoms with Crippen LogP contribution in [0.25, 0.3) is 0 Å². The Labute approximate surface area is 225 Å². The molecule has 3 atom stereocenters. The third-order valence-corrected chi connectivity index (χ3v) is 5.18. The lowest BCUT2D eigenvalue weighted by Crippen LogP contribution is -2.56. The maximum Gasteiger partial charge on any atom is 0.408 e. The minimum Gasteiger partial charge on any atom is -0.461 e. The zero-order valence-electron chi connectivity index (χ0n) is 23.5. The molecule has 0 saturated heterocycles. The fraction of sp³-hybridized carbons (Fsp3) is 0.607. The molecule has 10 nitrogen and oxygen atoms in total. The summed E-state index contributed by atoms with van der Waals surface area (Å²) >= 11 is 0. The van der Waals surface area contributed by atoms with E-state index in [9.17, 15) is 24.0 Å². The Hall–Kier alpha value is -3.43. The van der Waals surface area contributed by atoms with Gasteiger partial charge >= 0.3 is 12.1 Å². The predicted molar refractivity (Wildman–Crippen MR) is 143 cm³/mol. The quantitative estimate of drug-likeness (QED) is 0.246. The largest absolute Gasteiger partial charge is 0.461 e. The van der Waals surface area contributed by atoms with Crippen molar-refractivity contribution in [2.45, 2.75) is 98.1 Å². The number of hydrogen-bond acceptors (Lipinski definition) is 7. The van der Waals surface area contributed by atoms with Crippen LogP contribution in [-0.2, 0) is 35.3 Å². The van der Waals surface area contributed by atoms with Gasteiger partial charge in [-0.3, -0.25) is 14.4 Å². The minimum absolute atomic E-state index is 0.00243. The average molecular weight is 534 g/mol. The van der Waals surface area contributed by atoms with Gasteiger partial charge in [-0.1, -0.05) is 58.0 Å². The lowest BCUT2D eigenvalue weighted by Gasteiger charge is -2.26. The van der Waals surface area contributed by atoms with Crippen LogP contribution >= 0.6 is 0 Å². The molecule has 1 aromatic rings. The third kappa shape index (κ3) is 13.8. The highest BCUT2D eigenvalue weighted by Crippen LogP contribution is 2.11. The van der Waals surface area contributed by atoms with Gasteiger partial charge in [-0.15, -0.1) is 0 Å². The van der Waals surface area contributed by atoms with E-state index in [0.717, 1.165) is 5.56 Å². The molecule has 0 fully saturated rings. The van der Waals surface area contributed by atoms with Gasteiger partial charge in [0.2, 0.25) is 11.8 Å². The second-order valence-corrected chi connectivity index (χ2v) is 11.1. The predicted octanol–water partition coefficient (Wildman–Crippen LogP) is 3.27. The number of hydrogen-bond donors (Lipinski definition) is 3. The molecule has 0 aliphatic rings. The van der Waals surface area contributed by atoms with Crippen molar-refractivity contribution in [3.8, 4) is 0 Å². The number of alkyl carbamates (subject to hydrolysis) is 1. The number of esters is 1. The Morgan fingerprint density at radius 2 is 1.42 bits per heavy atom. The van der Waals surface area contributed by atoms with Gasteiger partial charge in [0.15, 0.2) is 0 Å². The molecular formula is C28H43N3O7. The Bertz CT molecular complexity index is 926. The Kier molecular flexibility index (Phi) is 13.5. The molecule has 0 bridgehead atoms. The summed E-state index contributed by atoms with van der Waals surface area (Å²) in [5.41, 5.74) is -0.00360. The van der Waals surface area contributed by atoms with E-state index in [1.165, 1.54) is 0 Å². The fourth-order valence-corrected chi connectivity index (χ4v) is 3.54.